The van der Waals surface area contributed by atoms with Crippen molar-refractivity contribution in [2.45, 2.75) is 168 Å². The van der Waals surface area contributed by atoms with Gasteiger partial charge in [-0.05, 0) is 93.2 Å². The number of ketones is 1. The summed E-state index contributed by atoms with van der Waals surface area (Å²) in [5.74, 6) is -1.47. The van der Waals surface area contributed by atoms with Crippen LogP contribution in [0.3, 0.4) is 0 Å². The molecular formula is C38H68N2O9. The summed E-state index contributed by atoms with van der Waals surface area (Å²) in [7, 11) is 4.10. The Morgan fingerprint density at radius 2 is 1.80 bits per heavy atom. The smallest absolute Gasteiger partial charge is 0.408 e. The van der Waals surface area contributed by atoms with E-state index in [-0.39, 0.29) is 54.8 Å². The second kappa shape index (κ2) is 17.9. The van der Waals surface area contributed by atoms with Gasteiger partial charge >= 0.3 is 12.1 Å². The molecule has 1 unspecified atom stereocenters. The van der Waals surface area contributed by atoms with E-state index in [2.05, 4.69) is 51.7 Å². The number of alkyl carbamates (subject to hydrolysis) is 1. The summed E-state index contributed by atoms with van der Waals surface area (Å²) in [5.41, 5.74) is -2.70. The molecule has 0 spiro atoms. The van der Waals surface area contributed by atoms with Crippen LogP contribution in [0, 0.1) is 23.7 Å². The van der Waals surface area contributed by atoms with Crippen LogP contribution in [0.5, 0.6) is 0 Å². The fourth-order valence-corrected chi connectivity index (χ4v) is 7.73. The van der Waals surface area contributed by atoms with Gasteiger partial charge in [0, 0.05) is 17.9 Å². The number of ether oxygens (including phenoxy) is 5. The van der Waals surface area contributed by atoms with Gasteiger partial charge in [-0.25, -0.2) is 4.79 Å². The maximum Gasteiger partial charge on any atom is 0.408 e. The van der Waals surface area contributed by atoms with Gasteiger partial charge in [0.05, 0.1) is 36.6 Å². The van der Waals surface area contributed by atoms with Crippen molar-refractivity contribution in [1.82, 2.24) is 10.2 Å². The molecule has 0 aromatic carbocycles. The van der Waals surface area contributed by atoms with Gasteiger partial charge in [-0.1, -0.05) is 47.1 Å². The first-order valence-electron chi connectivity index (χ1n) is 18.2. The normalized spacial score (nSPS) is 30.3. The van der Waals surface area contributed by atoms with Crippen LogP contribution >= 0.6 is 0 Å². The average molecular weight is 697 g/mol. The summed E-state index contributed by atoms with van der Waals surface area (Å²) in [4.78, 5) is 41.0. The Kier molecular flexibility index (Phi) is 15.8. The molecule has 49 heavy (non-hydrogen) atoms. The number of esters is 1. The zero-order chi connectivity index (χ0) is 37.5. The van der Waals surface area contributed by atoms with Crippen molar-refractivity contribution >= 4 is 17.8 Å². The minimum Gasteiger partial charge on any atom is -0.460 e. The van der Waals surface area contributed by atoms with Crippen LogP contribution in [0.2, 0.25) is 0 Å². The van der Waals surface area contributed by atoms with Crippen LogP contribution in [-0.4, -0.2) is 102 Å². The molecule has 12 atom stereocenters. The number of hydrogen-bond acceptors (Lipinski definition) is 10. The lowest BCUT2D eigenvalue weighted by Gasteiger charge is -2.47. The van der Waals surface area contributed by atoms with E-state index in [1.165, 1.54) is 0 Å². The first-order valence-corrected chi connectivity index (χ1v) is 18.2. The molecule has 11 heteroatoms. The predicted octanol–water partition coefficient (Wildman–Crippen LogP) is 6.05. The molecule has 1 amide bonds. The van der Waals surface area contributed by atoms with Crippen LogP contribution in [0.15, 0.2) is 12.7 Å². The summed E-state index contributed by atoms with van der Waals surface area (Å²) >= 11 is 0. The molecule has 0 aliphatic carbocycles. The number of amides is 1. The van der Waals surface area contributed by atoms with Gasteiger partial charge in [0.1, 0.15) is 17.8 Å². The number of carbonyl (C=O) groups is 3. The maximum absolute atomic E-state index is 13.8. The van der Waals surface area contributed by atoms with Gasteiger partial charge in [0.25, 0.3) is 0 Å². The third-order valence-electron chi connectivity index (χ3n) is 10.4. The standard InChI is InChI=1S/C38H68N2O9/c1-15-19-45-37(11,22-23(3)17-18-24(4)32-38(12,30(42)16-2)49-35(44)39-32)33(27(7)29(41)21-31(43)48-36(8,9)10)47-34-26(6)28(40(13)14)20-25(5)46-34/h15,23-28,30,32-34,42H,1,16-22H2,2-14H3,(H,39,44)/t23-,24-,25+,26+,27-,28?,30+,32+,33+,34-,37+,38+/m0/s1. The monoisotopic (exact) mass is 696 g/mol. The number of hydrogen-bond donors (Lipinski definition) is 2. The number of aliphatic hydroxyl groups is 1. The molecule has 2 N–H and O–H groups in total. The van der Waals surface area contributed by atoms with Crippen LogP contribution < -0.4 is 5.32 Å². The lowest BCUT2D eigenvalue weighted by molar-refractivity contribution is -0.282. The van der Waals surface area contributed by atoms with Gasteiger partial charge < -0.3 is 39.0 Å². The summed E-state index contributed by atoms with van der Waals surface area (Å²) in [5, 5.41) is 13.7. The topological polar surface area (TPSA) is 133 Å². The Hall–Kier alpha value is -2.05. The number of aliphatic hydroxyl groups excluding tert-OH is 1. The van der Waals surface area contributed by atoms with E-state index >= 15 is 0 Å². The Bertz CT molecular complexity index is 1110. The highest BCUT2D eigenvalue weighted by Crippen LogP contribution is 2.39. The van der Waals surface area contributed by atoms with Crippen molar-refractivity contribution in [2.24, 2.45) is 23.7 Å². The highest BCUT2D eigenvalue weighted by molar-refractivity contribution is 5.97. The lowest BCUT2D eigenvalue weighted by Crippen LogP contribution is -2.56. The second-order valence-electron chi connectivity index (χ2n) is 16.4. The lowest BCUT2D eigenvalue weighted by atomic mass is 9.76. The van der Waals surface area contributed by atoms with Crippen molar-refractivity contribution in [3.8, 4) is 0 Å². The van der Waals surface area contributed by atoms with E-state index in [4.69, 9.17) is 23.7 Å². The van der Waals surface area contributed by atoms with E-state index in [9.17, 15) is 19.5 Å². The minimum atomic E-state index is -1.02. The first-order chi connectivity index (χ1) is 22.6. The van der Waals surface area contributed by atoms with Crippen LogP contribution in [0.4, 0.5) is 4.79 Å². The third kappa shape index (κ3) is 11.7. The van der Waals surface area contributed by atoms with Gasteiger partial charge in [0.2, 0.25) is 0 Å². The third-order valence-corrected chi connectivity index (χ3v) is 10.4. The molecule has 11 nitrogen and oxygen atoms in total. The van der Waals surface area contributed by atoms with Crippen molar-refractivity contribution in [2.75, 3.05) is 20.7 Å². The Morgan fingerprint density at radius 1 is 1.16 bits per heavy atom. The Labute approximate surface area is 296 Å². The Morgan fingerprint density at radius 3 is 2.35 bits per heavy atom. The van der Waals surface area contributed by atoms with E-state index in [1.807, 2.05) is 20.8 Å². The van der Waals surface area contributed by atoms with Gasteiger partial charge in [0.15, 0.2) is 11.9 Å². The number of cyclic esters (lactones) is 1. The van der Waals surface area contributed by atoms with Gasteiger partial charge in [-0.15, -0.1) is 6.58 Å². The fraction of sp³-hybridized carbons (Fsp3) is 0.868. The number of nitrogens with one attached hydrogen (secondary N) is 1. The number of rotatable bonds is 19. The number of Topliss-reactive ketones (excluding diaryl/α,β-unsaturated/α-hetero) is 1. The maximum atomic E-state index is 13.8. The largest absolute Gasteiger partial charge is 0.460 e. The van der Waals surface area contributed by atoms with Crippen molar-refractivity contribution in [1.29, 1.82) is 0 Å². The molecule has 2 aliphatic rings. The Balaban J connectivity index is 2.39. The van der Waals surface area contributed by atoms with Crippen molar-refractivity contribution < 1.29 is 43.2 Å². The quantitative estimate of drug-likeness (QED) is 0.0934. The molecule has 2 aliphatic heterocycles. The molecule has 0 aromatic heterocycles. The van der Waals surface area contributed by atoms with Crippen LogP contribution in [0.1, 0.15) is 115 Å². The molecule has 0 radical (unpaired) electrons. The van der Waals surface area contributed by atoms with Gasteiger partial charge in [-0.2, -0.15) is 0 Å². The summed E-state index contributed by atoms with van der Waals surface area (Å²) in [6.45, 7) is 25.2. The van der Waals surface area contributed by atoms with Crippen molar-refractivity contribution in [3.63, 3.8) is 0 Å². The molecule has 0 saturated carbocycles. The average Bonchev–Trinajstić information content (AvgIpc) is 3.31. The minimum absolute atomic E-state index is 0.000378. The van der Waals surface area contributed by atoms with Crippen molar-refractivity contribution in [3.05, 3.63) is 12.7 Å². The molecule has 2 heterocycles. The van der Waals surface area contributed by atoms with E-state index < -0.39 is 53.3 Å². The van der Waals surface area contributed by atoms with Crippen LogP contribution in [-0.2, 0) is 33.3 Å². The molecule has 2 saturated heterocycles. The number of carbonyl (C=O) groups excluding carboxylic acids is 3. The summed E-state index contributed by atoms with van der Waals surface area (Å²) < 4.78 is 30.9. The molecule has 284 valence electrons. The molecule has 2 fully saturated rings. The highest BCUT2D eigenvalue weighted by Gasteiger charge is 2.52. The summed E-state index contributed by atoms with van der Waals surface area (Å²) in [6, 6.07) is -0.136. The van der Waals surface area contributed by atoms with E-state index in [0.717, 1.165) is 19.3 Å². The predicted molar refractivity (Wildman–Crippen MR) is 190 cm³/mol. The zero-order valence-electron chi connectivity index (χ0n) is 32.7. The molecule has 0 aromatic rings. The number of nitrogens with zero attached hydrogens (tertiary/aromatic N) is 1. The highest BCUT2D eigenvalue weighted by atomic mass is 16.7. The fourth-order valence-electron chi connectivity index (χ4n) is 7.73. The van der Waals surface area contributed by atoms with E-state index in [0.29, 0.717) is 12.8 Å². The van der Waals surface area contributed by atoms with Gasteiger partial charge in [-0.3, -0.25) is 9.59 Å². The molecular weight excluding hydrogens is 628 g/mol. The summed E-state index contributed by atoms with van der Waals surface area (Å²) in [6.07, 6.45) is 1.98. The first kappa shape index (κ1) is 43.1. The van der Waals surface area contributed by atoms with E-state index in [1.54, 1.807) is 40.7 Å². The SMILES string of the molecule is C=CCO[C@](C)(C[C@@H](C)CC[C@H](C)[C@H]1NC(=O)O[C@]1(C)[C@H](O)CC)[C@H](O[C@@H]1O[C@H](C)CC(N(C)C)[C@H]1C)[C@@H](C)C(=O)CC(=O)OC(C)(C)C. The molecule has 0 bridgehead atoms. The zero-order valence-corrected chi connectivity index (χ0v) is 32.7. The molecule has 2 rings (SSSR count). The second-order valence-corrected chi connectivity index (χ2v) is 16.4. The van der Waals surface area contributed by atoms with Crippen LogP contribution in [0.25, 0.3) is 0 Å².